The van der Waals surface area contributed by atoms with Crippen molar-refractivity contribution >= 4 is 5.78 Å². The average molecular weight is 450 g/mol. The maximum Gasteiger partial charge on any atom is 0.193 e. The number of aromatic hydroxyl groups is 6. The van der Waals surface area contributed by atoms with Crippen molar-refractivity contribution in [3.8, 4) is 34.5 Å². The van der Waals surface area contributed by atoms with Crippen molar-refractivity contribution in [2.75, 3.05) is 0 Å². The van der Waals surface area contributed by atoms with E-state index in [1.165, 1.54) is 66.7 Å². The van der Waals surface area contributed by atoms with Gasteiger partial charge < -0.3 is 30.6 Å². The molecule has 0 bridgehead atoms. The van der Waals surface area contributed by atoms with E-state index in [0.717, 1.165) is 0 Å². The van der Waals surface area contributed by atoms with Gasteiger partial charge in [0.15, 0.2) is 5.78 Å². The molecule has 0 spiro atoms. The van der Waals surface area contributed by atoms with Crippen molar-refractivity contribution in [2.45, 2.75) is 7.43 Å². The van der Waals surface area contributed by atoms with Crippen LogP contribution in [0.4, 0.5) is 0 Å². The summed E-state index contributed by atoms with van der Waals surface area (Å²) in [4.78, 5) is 11.9. The number of phenols is 6. The fourth-order valence-electron chi connectivity index (χ4n) is 2.34. The Labute approximate surface area is 191 Å². The first-order chi connectivity index (χ1) is 15.2. The van der Waals surface area contributed by atoms with E-state index in [1.807, 2.05) is 0 Å². The van der Waals surface area contributed by atoms with E-state index < -0.39 is 0 Å². The molecule has 0 atom stereocenters. The summed E-state index contributed by atoms with van der Waals surface area (Å²) in [6.45, 7) is 0. The van der Waals surface area contributed by atoms with Crippen LogP contribution >= 0.6 is 0 Å². The molecule has 4 aromatic carbocycles. The van der Waals surface area contributed by atoms with Crippen molar-refractivity contribution < 1.29 is 35.4 Å². The average Bonchev–Trinajstić information content (AvgIpc) is 2.77. The van der Waals surface area contributed by atoms with Crippen LogP contribution in [-0.2, 0) is 0 Å². The minimum atomic E-state index is -0.139. The molecule has 33 heavy (non-hydrogen) atoms. The SMILES string of the molecule is C.O=C(c1ccc(O)cc1)c1ccc(O)cc1.Oc1ccc(O)cc1.Oc1cccc(O)c1. The standard InChI is InChI=1S/C13H10O3.2C6H6O2.CH4/c14-11-5-1-9(2-6-11)13(16)10-3-7-12(15)8-4-10;7-5-1-2-6(8)4-3-5;7-5-2-1-3-6(8)4-5;/h1-8,14-15H;2*1-4,7-8H;1H4. The zero-order valence-corrected chi connectivity index (χ0v) is 16.8. The molecule has 6 N–H and O–H groups in total. The van der Waals surface area contributed by atoms with Crippen LogP contribution in [0.1, 0.15) is 23.3 Å². The lowest BCUT2D eigenvalue weighted by Gasteiger charge is -2.01. The first-order valence-electron chi connectivity index (χ1n) is 9.33. The van der Waals surface area contributed by atoms with Crippen LogP contribution in [0.25, 0.3) is 0 Å². The molecular formula is C26H26O7. The van der Waals surface area contributed by atoms with Gasteiger partial charge in [-0.15, -0.1) is 0 Å². The van der Waals surface area contributed by atoms with Gasteiger partial charge in [0.1, 0.15) is 34.5 Å². The highest BCUT2D eigenvalue weighted by Gasteiger charge is 2.08. The number of phenolic OH excluding ortho intramolecular Hbond substituents is 6. The number of ketones is 1. The molecule has 0 fully saturated rings. The molecule has 4 aromatic rings. The summed E-state index contributed by atoms with van der Waals surface area (Å²) in [6, 6.07) is 23.7. The van der Waals surface area contributed by atoms with E-state index in [0.29, 0.717) is 11.1 Å². The largest absolute Gasteiger partial charge is 0.508 e. The molecule has 7 heteroatoms. The summed E-state index contributed by atoms with van der Waals surface area (Å²) in [5.74, 6) is 0.630. The fraction of sp³-hybridized carbons (Fsp3) is 0.0385. The van der Waals surface area contributed by atoms with Gasteiger partial charge in [0.2, 0.25) is 0 Å². The van der Waals surface area contributed by atoms with Gasteiger partial charge in [-0.3, -0.25) is 4.79 Å². The highest BCUT2D eigenvalue weighted by atomic mass is 16.3. The number of rotatable bonds is 2. The van der Waals surface area contributed by atoms with Crippen molar-refractivity contribution in [1.82, 2.24) is 0 Å². The van der Waals surface area contributed by atoms with E-state index in [2.05, 4.69) is 0 Å². The van der Waals surface area contributed by atoms with Crippen LogP contribution in [0.3, 0.4) is 0 Å². The summed E-state index contributed by atoms with van der Waals surface area (Å²) in [6.07, 6.45) is 0. The topological polar surface area (TPSA) is 138 Å². The molecule has 0 saturated heterocycles. The highest BCUT2D eigenvalue weighted by Crippen LogP contribution is 2.17. The third-order valence-electron chi connectivity index (χ3n) is 3.94. The Morgan fingerprint density at radius 2 is 0.697 bits per heavy atom. The number of benzene rings is 4. The van der Waals surface area contributed by atoms with Gasteiger partial charge in [0.05, 0.1) is 0 Å². The molecule has 4 rings (SSSR count). The van der Waals surface area contributed by atoms with E-state index in [4.69, 9.17) is 30.6 Å². The Hall–Kier alpha value is -4.65. The summed E-state index contributed by atoms with van der Waals surface area (Å²) < 4.78 is 0. The predicted molar refractivity (Wildman–Crippen MR) is 126 cm³/mol. The molecule has 0 aliphatic heterocycles. The molecule has 0 amide bonds. The Balaban J connectivity index is 0.000000271. The summed E-state index contributed by atoms with van der Waals surface area (Å²) in [5.41, 5.74) is 1.01. The molecular weight excluding hydrogens is 424 g/mol. The zero-order chi connectivity index (χ0) is 23.5. The van der Waals surface area contributed by atoms with E-state index in [9.17, 15) is 4.79 Å². The zero-order valence-electron chi connectivity index (χ0n) is 16.8. The van der Waals surface area contributed by atoms with E-state index >= 15 is 0 Å². The van der Waals surface area contributed by atoms with Crippen molar-refractivity contribution in [1.29, 1.82) is 0 Å². The van der Waals surface area contributed by atoms with E-state index in [1.54, 1.807) is 30.3 Å². The van der Waals surface area contributed by atoms with Gasteiger partial charge in [-0.05, 0) is 84.9 Å². The number of carbonyl (C=O) groups is 1. The molecule has 0 saturated carbocycles. The van der Waals surface area contributed by atoms with Gasteiger partial charge in [0, 0.05) is 17.2 Å². The molecule has 0 aliphatic rings. The summed E-state index contributed by atoms with van der Waals surface area (Å²) in [7, 11) is 0. The quantitative estimate of drug-likeness (QED) is 0.183. The smallest absolute Gasteiger partial charge is 0.193 e. The van der Waals surface area contributed by atoms with E-state index in [-0.39, 0.29) is 47.7 Å². The predicted octanol–water partition coefficient (Wildman–Crippen LogP) is 5.16. The van der Waals surface area contributed by atoms with Crippen molar-refractivity contribution in [3.63, 3.8) is 0 Å². The van der Waals surface area contributed by atoms with Crippen molar-refractivity contribution in [3.05, 3.63) is 108 Å². The third-order valence-corrected chi connectivity index (χ3v) is 3.94. The van der Waals surface area contributed by atoms with Crippen LogP contribution in [0.2, 0.25) is 0 Å². The number of carbonyl (C=O) groups excluding carboxylic acids is 1. The second-order valence-corrected chi connectivity index (χ2v) is 6.46. The lowest BCUT2D eigenvalue weighted by atomic mass is 10.0. The van der Waals surface area contributed by atoms with Crippen LogP contribution in [-0.4, -0.2) is 36.4 Å². The Morgan fingerprint density at radius 1 is 0.424 bits per heavy atom. The second-order valence-electron chi connectivity index (χ2n) is 6.46. The molecule has 172 valence electrons. The normalized spacial score (nSPS) is 9.21. The van der Waals surface area contributed by atoms with Crippen LogP contribution < -0.4 is 0 Å². The van der Waals surface area contributed by atoms with Gasteiger partial charge in [-0.25, -0.2) is 0 Å². The number of hydrogen-bond donors (Lipinski definition) is 6. The first-order valence-corrected chi connectivity index (χ1v) is 9.33. The number of hydrogen-bond acceptors (Lipinski definition) is 7. The minimum Gasteiger partial charge on any atom is -0.508 e. The summed E-state index contributed by atoms with van der Waals surface area (Å²) in [5, 5.41) is 52.8. The van der Waals surface area contributed by atoms with Crippen LogP contribution in [0, 0.1) is 0 Å². The lowest BCUT2D eigenvalue weighted by Crippen LogP contribution is -2.00. The molecule has 7 nitrogen and oxygen atoms in total. The molecule has 0 aromatic heterocycles. The second kappa shape index (κ2) is 12.9. The van der Waals surface area contributed by atoms with Gasteiger partial charge >= 0.3 is 0 Å². The van der Waals surface area contributed by atoms with Gasteiger partial charge in [-0.1, -0.05) is 13.5 Å². The Morgan fingerprint density at radius 3 is 0.939 bits per heavy atom. The fourth-order valence-corrected chi connectivity index (χ4v) is 2.34. The molecule has 0 radical (unpaired) electrons. The van der Waals surface area contributed by atoms with Crippen LogP contribution in [0.15, 0.2) is 97.1 Å². The van der Waals surface area contributed by atoms with Gasteiger partial charge in [-0.2, -0.15) is 0 Å². The monoisotopic (exact) mass is 450 g/mol. The lowest BCUT2D eigenvalue weighted by molar-refractivity contribution is 0.103. The Kier molecular flexibility index (Phi) is 10.3. The molecule has 0 unspecified atom stereocenters. The van der Waals surface area contributed by atoms with Crippen LogP contribution in [0.5, 0.6) is 34.5 Å². The molecule has 0 aliphatic carbocycles. The molecule has 0 heterocycles. The summed E-state index contributed by atoms with van der Waals surface area (Å²) >= 11 is 0. The highest BCUT2D eigenvalue weighted by molar-refractivity contribution is 6.09. The first kappa shape index (κ1) is 26.4. The Bertz CT molecular complexity index is 1030. The minimum absolute atomic E-state index is 0. The van der Waals surface area contributed by atoms with Crippen molar-refractivity contribution in [2.24, 2.45) is 0 Å². The van der Waals surface area contributed by atoms with Gasteiger partial charge in [0.25, 0.3) is 0 Å². The third kappa shape index (κ3) is 9.35. The maximum absolute atomic E-state index is 11.9. The maximum atomic E-state index is 11.9.